The normalized spacial score (nSPS) is 26.0. The third-order valence-electron chi connectivity index (χ3n) is 2.81. The summed E-state index contributed by atoms with van der Waals surface area (Å²) < 4.78 is 0. The van der Waals surface area contributed by atoms with Crippen LogP contribution in [0.3, 0.4) is 0 Å². The molecule has 0 saturated heterocycles. The van der Waals surface area contributed by atoms with E-state index in [1.165, 1.54) is 5.56 Å². The van der Waals surface area contributed by atoms with Crippen molar-refractivity contribution in [1.82, 2.24) is 0 Å². The SMILES string of the molecule is Cc1ccc(O)c([C@@H]2C[C@H]2CN)c1. The second-order valence-corrected chi connectivity index (χ2v) is 3.90. The summed E-state index contributed by atoms with van der Waals surface area (Å²) in [6.45, 7) is 2.78. The number of aryl methyl sites for hydroxylation is 1. The van der Waals surface area contributed by atoms with Gasteiger partial charge in [0.05, 0.1) is 0 Å². The molecule has 1 saturated carbocycles. The molecule has 0 aliphatic heterocycles. The fourth-order valence-corrected chi connectivity index (χ4v) is 1.86. The van der Waals surface area contributed by atoms with Crippen LogP contribution in [-0.2, 0) is 0 Å². The second kappa shape index (κ2) is 3.04. The summed E-state index contributed by atoms with van der Waals surface area (Å²) in [6.07, 6.45) is 1.13. The molecule has 1 aliphatic rings. The average Bonchev–Trinajstić information content (AvgIpc) is 2.88. The molecule has 2 nitrogen and oxygen atoms in total. The molecule has 13 heavy (non-hydrogen) atoms. The van der Waals surface area contributed by atoms with Gasteiger partial charge in [0.15, 0.2) is 0 Å². The van der Waals surface area contributed by atoms with E-state index in [0.29, 0.717) is 17.6 Å². The van der Waals surface area contributed by atoms with Crippen molar-refractivity contribution < 1.29 is 5.11 Å². The monoisotopic (exact) mass is 177 g/mol. The zero-order valence-electron chi connectivity index (χ0n) is 7.83. The Labute approximate surface area is 78.4 Å². The summed E-state index contributed by atoms with van der Waals surface area (Å²) in [7, 11) is 0. The number of nitrogens with two attached hydrogens (primary N) is 1. The van der Waals surface area contributed by atoms with Crippen LogP contribution in [-0.4, -0.2) is 11.7 Å². The van der Waals surface area contributed by atoms with Crippen molar-refractivity contribution in [1.29, 1.82) is 0 Å². The van der Waals surface area contributed by atoms with E-state index in [0.717, 1.165) is 18.5 Å². The van der Waals surface area contributed by atoms with E-state index < -0.39 is 0 Å². The Balaban J connectivity index is 2.25. The molecule has 0 aromatic heterocycles. The highest BCUT2D eigenvalue weighted by molar-refractivity contribution is 5.41. The topological polar surface area (TPSA) is 46.2 Å². The molecule has 1 aromatic rings. The van der Waals surface area contributed by atoms with E-state index in [-0.39, 0.29) is 0 Å². The van der Waals surface area contributed by atoms with E-state index in [2.05, 4.69) is 6.07 Å². The van der Waals surface area contributed by atoms with Gasteiger partial charge < -0.3 is 10.8 Å². The van der Waals surface area contributed by atoms with Gasteiger partial charge >= 0.3 is 0 Å². The fourth-order valence-electron chi connectivity index (χ4n) is 1.86. The summed E-state index contributed by atoms with van der Waals surface area (Å²) in [4.78, 5) is 0. The molecule has 2 rings (SSSR count). The van der Waals surface area contributed by atoms with Crippen LogP contribution in [0.1, 0.15) is 23.5 Å². The van der Waals surface area contributed by atoms with Gasteiger partial charge in [0, 0.05) is 0 Å². The Bertz CT molecular complexity index is 322. The minimum absolute atomic E-state index is 0.423. The smallest absolute Gasteiger partial charge is 0.119 e. The van der Waals surface area contributed by atoms with Crippen LogP contribution in [0.5, 0.6) is 5.75 Å². The number of benzene rings is 1. The van der Waals surface area contributed by atoms with E-state index >= 15 is 0 Å². The maximum atomic E-state index is 9.62. The van der Waals surface area contributed by atoms with Crippen LogP contribution in [0.2, 0.25) is 0 Å². The molecule has 0 bridgehead atoms. The van der Waals surface area contributed by atoms with Crippen LogP contribution in [0.15, 0.2) is 18.2 Å². The molecule has 2 heteroatoms. The fraction of sp³-hybridized carbons (Fsp3) is 0.455. The largest absolute Gasteiger partial charge is 0.508 e. The molecule has 0 spiro atoms. The van der Waals surface area contributed by atoms with Gasteiger partial charge in [-0.1, -0.05) is 17.7 Å². The van der Waals surface area contributed by atoms with Gasteiger partial charge in [0.1, 0.15) is 5.75 Å². The maximum Gasteiger partial charge on any atom is 0.119 e. The molecule has 1 fully saturated rings. The highest BCUT2D eigenvalue weighted by Gasteiger charge is 2.38. The number of aromatic hydroxyl groups is 1. The Morgan fingerprint density at radius 1 is 1.54 bits per heavy atom. The van der Waals surface area contributed by atoms with Crippen molar-refractivity contribution in [2.75, 3.05) is 6.54 Å². The lowest BCUT2D eigenvalue weighted by atomic mass is 10.1. The van der Waals surface area contributed by atoms with Crippen LogP contribution in [0, 0.1) is 12.8 Å². The first-order chi connectivity index (χ1) is 6.22. The van der Waals surface area contributed by atoms with E-state index in [4.69, 9.17) is 5.73 Å². The lowest BCUT2D eigenvalue weighted by Crippen LogP contribution is -2.02. The summed E-state index contributed by atoms with van der Waals surface area (Å²) in [5.74, 6) is 1.52. The Hall–Kier alpha value is -1.02. The highest BCUT2D eigenvalue weighted by atomic mass is 16.3. The summed E-state index contributed by atoms with van der Waals surface area (Å²) in [5.41, 5.74) is 7.85. The average molecular weight is 177 g/mol. The first-order valence-corrected chi connectivity index (χ1v) is 4.72. The van der Waals surface area contributed by atoms with Gasteiger partial charge in [-0.15, -0.1) is 0 Å². The maximum absolute atomic E-state index is 9.62. The van der Waals surface area contributed by atoms with Crippen molar-refractivity contribution in [3.05, 3.63) is 29.3 Å². The highest BCUT2D eigenvalue weighted by Crippen LogP contribution is 2.49. The zero-order chi connectivity index (χ0) is 9.42. The van der Waals surface area contributed by atoms with Gasteiger partial charge in [-0.3, -0.25) is 0 Å². The second-order valence-electron chi connectivity index (χ2n) is 3.90. The van der Waals surface area contributed by atoms with Crippen LogP contribution < -0.4 is 5.73 Å². The molecule has 70 valence electrons. The van der Waals surface area contributed by atoms with Crippen molar-refractivity contribution in [3.63, 3.8) is 0 Å². The minimum Gasteiger partial charge on any atom is -0.508 e. The van der Waals surface area contributed by atoms with Crippen LogP contribution in [0.4, 0.5) is 0 Å². The van der Waals surface area contributed by atoms with E-state index in [1.54, 1.807) is 6.07 Å². The molecule has 0 radical (unpaired) electrons. The lowest BCUT2D eigenvalue weighted by molar-refractivity contribution is 0.467. The van der Waals surface area contributed by atoms with E-state index in [9.17, 15) is 5.11 Å². The molecule has 1 aliphatic carbocycles. The number of phenolic OH excluding ortho intramolecular Hbond substituents is 1. The van der Waals surface area contributed by atoms with Gasteiger partial charge in [0.2, 0.25) is 0 Å². The first-order valence-electron chi connectivity index (χ1n) is 4.72. The summed E-state index contributed by atoms with van der Waals surface area (Å²) >= 11 is 0. The van der Waals surface area contributed by atoms with Crippen LogP contribution >= 0.6 is 0 Å². The third-order valence-corrected chi connectivity index (χ3v) is 2.81. The molecule has 1 aromatic carbocycles. The summed E-state index contributed by atoms with van der Waals surface area (Å²) in [5, 5.41) is 9.62. The van der Waals surface area contributed by atoms with Gasteiger partial charge in [-0.2, -0.15) is 0 Å². The third kappa shape index (κ3) is 1.54. The molecular formula is C11H15NO. The zero-order valence-corrected chi connectivity index (χ0v) is 7.83. The molecule has 0 unspecified atom stereocenters. The predicted octanol–water partition coefficient (Wildman–Crippen LogP) is 1.76. The number of phenols is 1. The number of hydrogen-bond donors (Lipinski definition) is 2. The molecule has 0 heterocycles. The molecular weight excluding hydrogens is 162 g/mol. The minimum atomic E-state index is 0.423. The molecule has 2 atom stereocenters. The number of rotatable bonds is 2. The van der Waals surface area contributed by atoms with Crippen molar-refractivity contribution in [3.8, 4) is 5.75 Å². The standard InChI is InChI=1S/C11H15NO/c1-7-2-3-11(13)10(4-7)9-5-8(9)6-12/h2-4,8-9,13H,5-6,12H2,1H3/t8-,9+/m0/s1. The van der Waals surface area contributed by atoms with Gasteiger partial charge in [-0.05, 0) is 43.4 Å². The first kappa shape index (κ1) is 8.57. The van der Waals surface area contributed by atoms with Crippen molar-refractivity contribution >= 4 is 0 Å². The number of hydrogen-bond acceptors (Lipinski definition) is 2. The molecule has 3 N–H and O–H groups in total. The quantitative estimate of drug-likeness (QED) is 0.723. The van der Waals surface area contributed by atoms with Crippen molar-refractivity contribution in [2.24, 2.45) is 11.7 Å². The Morgan fingerprint density at radius 3 is 2.92 bits per heavy atom. The Morgan fingerprint density at radius 2 is 2.31 bits per heavy atom. The van der Waals surface area contributed by atoms with Gasteiger partial charge in [0.25, 0.3) is 0 Å². The Kier molecular flexibility index (Phi) is 2.00. The predicted molar refractivity (Wildman–Crippen MR) is 52.7 cm³/mol. The van der Waals surface area contributed by atoms with Gasteiger partial charge in [-0.25, -0.2) is 0 Å². The lowest BCUT2D eigenvalue weighted by Gasteiger charge is -2.04. The summed E-state index contributed by atoms with van der Waals surface area (Å²) in [6, 6.07) is 5.77. The molecule has 0 amide bonds. The van der Waals surface area contributed by atoms with Crippen molar-refractivity contribution in [2.45, 2.75) is 19.3 Å². The van der Waals surface area contributed by atoms with E-state index in [1.807, 2.05) is 13.0 Å². The van der Waals surface area contributed by atoms with Crippen LogP contribution in [0.25, 0.3) is 0 Å².